The predicted molar refractivity (Wildman–Crippen MR) is 89.8 cm³/mol. The Labute approximate surface area is 134 Å². The van der Waals surface area contributed by atoms with Gasteiger partial charge in [0.15, 0.2) is 5.78 Å². The van der Waals surface area contributed by atoms with Crippen molar-refractivity contribution in [1.29, 1.82) is 0 Å². The van der Waals surface area contributed by atoms with Crippen molar-refractivity contribution in [2.75, 3.05) is 18.0 Å². The Hall–Kier alpha value is -1.32. The van der Waals surface area contributed by atoms with Gasteiger partial charge in [0.05, 0.1) is 5.56 Å². The van der Waals surface area contributed by atoms with E-state index >= 15 is 0 Å². The van der Waals surface area contributed by atoms with E-state index in [-0.39, 0.29) is 5.78 Å². The Morgan fingerprint density at radius 3 is 2.52 bits per heavy atom. The van der Waals surface area contributed by atoms with E-state index in [2.05, 4.69) is 11.8 Å². The molecule has 21 heavy (non-hydrogen) atoms. The Balaban J connectivity index is 1.85. The summed E-state index contributed by atoms with van der Waals surface area (Å²) >= 11 is 7.55. The first-order valence-corrected chi connectivity index (χ1v) is 8.53. The largest absolute Gasteiger partial charge is 0.363 e. The number of anilines is 1. The first kappa shape index (κ1) is 14.6. The van der Waals surface area contributed by atoms with Crippen LogP contribution in [-0.4, -0.2) is 18.9 Å². The monoisotopic (exact) mass is 319 g/mol. The Kier molecular flexibility index (Phi) is 4.32. The normalized spacial score (nSPS) is 16.2. The van der Waals surface area contributed by atoms with E-state index < -0.39 is 0 Å². The highest BCUT2D eigenvalue weighted by Crippen LogP contribution is 2.32. The molecule has 0 saturated carbocycles. The third kappa shape index (κ3) is 3.14. The minimum Gasteiger partial charge on any atom is -0.363 e. The summed E-state index contributed by atoms with van der Waals surface area (Å²) < 4.78 is 0. The molecule has 0 amide bonds. The van der Waals surface area contributed by atoms with Crippen LogP contribution in [0.1, 0.15) is 35.7 Å². The van der Waals surface area contributed by atoms with Crippen molar-refractivity contribution >= 4 is 33.7 Å². The van der Waals surface area contributed by atoms with Gasteiger partial charge < -0.3 is 4.90 Å². The highest BCUT2D eigenvalue weighted by molar-refractivity contribution is 7.14. The van der Waals surface area contributed by atoms with Gasteiger partial charge in [-0.2, -0.15) is 0 Å². The van der Waals surface area contributed by atoms with Gasteiger partial charge in [0.25, 0.3) is 0 Å². The molecule has 0 spiro atoms. The van der Waals surface area contributed by atoms with Crippen LogP contribution in [0.15, 0.2) is 35.7 Å². The zero-order valence-electron chi connectivity index (χ0n) is 12.0. The average Bonchev–Trinajstić information content (AvgIpc) is 2.97. The highest BCUT2D eigenvalue weighted by Gasteiger charge is 2.22. The molecule has 1 aromatic heterocycles. The van der Waals surface area contributed by atoms with Crippen LogP contribution in [0.3, 0.4) is 0 Å². The van der Waals surface area contributed by atoms with Crippen molar-refractivity contribution < 1.29 is 4.79 Å². The molecule has 1 aliphatic rings. The average molecular weight is 320 g/mol. The number of benzene rings is 1. The number of nitrogens with zero attached hydrogens (tertiary/aromatic N) is 1. The Morgan fingerprint density at radius 1 is 1.19 bits per heavy atom. The van der Waals surface area contributed by atoms with Gasteiger partial charge in [0.2, 0.25) is 0 Å². The lowest BCUT2D eigenvalue weighted by Crippen LogP contribution is -2.33. The number of hydrogen-bond acceptors (Lipinski definition) is 3. The summed E-state index contributed by atoms with van der Waals surface area (Å²) in [5.41, 5.74) is 1.52. The molecule has 1 aromatic carbocycles. The smallest absolute Gasteiger partial charge is 0.195 e. The zero-order chi connectivity index (χ0) is 14.8. The first-order valence-electron chi connectivity index (χ1n) is 7.28. The van der Waals surface area contributed by atoms with E-state index in [9.17, 15) is 4.79 Å². The van der Waals surface area contributed by atoms with Gasteiger partial charge in [-0.1, -0.05) is 18.5 Å². The van der Waals surface area contributed by atoms with Gasteiger partial charge in [-0.05, 0) is 54.5 Å². The maximum Gasteiger partial charge on any atom is 0.195 e. The SMILES string of the molecule is CC1CCN(c2sccc2C(=O)c2ccc(Cl)cc2)CC1. The van der Waals surface area contributed by atoms with Crippen LogP contribution in [0.4, 0.5) is 5.00 Å². The number of carbonyl (C=O) groups is 1. The molecule has 0 unspecified atom stereocenters. The van der Waals surface area contributed by atoms with Crippen molar-refractivity contribution in [2.45, 2.75) is 19.8 Å². The van der Waals surface area contributed by atoms with Crippen molar-refractivity contribution in [1.82, 2.24) is 0 Å². The topological polar surface area (TPSA) is 20.3 Å². The molecule has 110 valence electrons. The minimum absolute atomic E-state index is 0.0848. The molecule has 3 rings (SSSR count). The Morgan fingerprint density at radius 2 is 1.86 bits per heavy atom. The van der Waals surface area contributed by atoms with Gasteiger partial charge in [0.1, 0.15) is 5.00 Å². The number of piperidine rings is 1. The fourth-order valence-corrected chi connectivity index (χ4v) is 3.77. The zero-order valence-corrected chi connectivity index (χ0v) is 13.6. The lowest BCUT2D eigenvalue weighted by atomic mass is 9.98. The molecule has 1 saturated heterocycles. The molecule has 2 aromatic rings. The summed E-state index contributed by atoms with van der Waals surface area (Å²) in [5, 5.41) is 3.78. The molecule has 4 heteroatoms. The summed E-state index contributed by atoms with van der Waals surface area (Å²) in [6, 6.07) is 9.07. The van der Waals surface area contributed by atoms with Crippen LogP contribution in [0.2, 0.25) is 5.02 Å². The van der Waals surface area contributed by atoms with E-state index in [0.717, 1.165) is 29.6 Å². The molecular formula is C17H18ClNOS. The maximum atomic E-state index is 12.7. The van der Waals surface area contributed by atoms with Gasteiger partial charge in [-0.3, -0.25) is 4.79 Å². The van der Waals surface area contributed by atoms with Gasteiger partial charge in [-0.25, -0.2) is 0 Å². The van der Waals surface area contributed by atoms with Crippen LogP contribution < -0.4 is 4.90 Å². The second-order valence-electron chi connectivity index (χ2n) is 5.65. The fraction of sp³-hybridized carbons (Fsp3) is 0.353. The molecule has 0 radical (unpaired) electrons. The highest BCUT2D eigenvalue weighted by atomic mass is 35.5. The van der Waals surface area contributed by atoms with Crippen LogP contribution in [0, 0.1) is 5.92 Å². The van der Waals surface area contributed by atoms with Crippen LogP contribution in [0.25, 0.3) is 0 Å². The fourth-order valence-electron chi connectivity index (χ4n) is 2.69. The van der Waals surface area contributed by atoms with Gasteiger partial charge in [0, 0.05) is 23.7 Å². The van der Waals surface area contributed by atoms with Crippen LogP contribution >= 0.6 is 22.9 Å². The molecule has 0 bridgehead atoms. The maximum absolute atomic E-state index is 12.7. The standard InChI is InChI=1S/C17H18ClNOS/c1-12-6-9-19(10-7-12)17-15(8-11-21-17)16(20)13-2-4-14(18)5-3-13/h2-5,8,11-12H,6-7,9-10H2,1H3. The summed E-state index contributed by atoms with van der Waals surface area (Å²) in [4.78, 5) is 15.0. The molecule has 2 nitrogen and oxygen atoms in total. The molecule has 0 atom stereocenters. The molecule has 1 aliphatic heterocycles. The van der Waals surface area contributed by atoms with Crippen molar-refractivity contribution in [3.8, 4) is 0 Å². The van der Waals surface area contributed by atoms with Crippen molar-refractivity contribution in [2.24, 2.45) is 5.92 Å². The number of carbonyl (C=O) groups excluding carboxylic acids is 1. The molecule has 0 N–H and O–H groups in total. The summed E-state index contributed by atoms with van der Waals surface area (Å²) in [7, 11) is 0. The van der Waals surface area contributed by atoms with Crippen molar-refractivity contribution in [3.05, 3.63) is 51.9 Å². The third-order valence-electron chi connectivity index (χ3n) is 4.07. The third-order valence-corrected chi connectivity index (χ3v) is 5.29. The lowest BCUT2D eigenvalue weighted by molar-refractivity contribution is 0.103. The molecule has 2 heterocycles. The van der Waals surface area contributed by atoms with Crippen molar-refractivity contribution in [3.63, 3.8) is 0 Å². The summed E-state index contributed by atoms with van der Waals surface area (Å²) in [5.74, 6) is 0.873. The van der Waals surface area contributed by atoms with Gasteiger partial charge >= 0.3 is 0 Å². The van der Waals surface area contributed by atoms with E-state index in [4.69, 9.17) is 11.6 Å². The lowest BCUT2D eigenvalue weighted by Gasteiger charge is -2.31. The van der Waals surface area contributed by atoms with Gasteiger partial charge in [-0.15, -0.1) is 11.3 Å². The minimum atomic E-state index is 0.0848. The van der Waals surface area contributed by atoms with E-state index in [1.807, 2.05) is 11.4 Å². The van der Waals surface area contributed by atoms with E-state index in [1.165, 1.54) is 12.8 Å². The van der Waals surface area contributed by atoms with E-state index in [1.54, 1.807) is 35.6 Å². The van der Waals surface area contributed by atoms with Crippen LogP contribution in [-0.2, 0) is 0 Å². The first-order chi connectivity index (χ1) is 10.1. The predicted octanol–water partition coefficient (Wildman–Crippen LogP) is 4.87. The number of ketones is 1. The number of thiophene rings is 1. The molecule has 0 aliphatic carbocycles. The second-order valence-corrected chi connectivity index (χ2v) is 6.98. The number of rotatable bonds is 3. The molecular weight excluding hydrogens is 302 g/mol. The molecule has 1 fully saturated rings. The summed E-state index contributed by atoms with van der Waals surface area (Å²) in [6.45, 7) is 4.39. The second kappa shape index (κ2) is 6.20. The number of halogens is 1. The number of hydrogen-bond donors (Lipinski definition) is 0. The van der Waals surface area contributed by atoms with Crippen LogP contribution in [0.5, 0.6) is 0 Å². The quantitative estimate of drug-likeness (QED) is 0.752. The Bertz CT molecular complexity index is 626. The summed E-state index contributed by atoms with van der Waals surface area (Å²) in [6.07, 6.45) is 2.40. The van der Waals surface area contributed by atoms with E-state index in [0.29, 0.717) is 10.6 Å².